The highest BCUT2D eigenvalue weighted by molar-refractivity contribution is 5.40. The van der Waals surface area contributed by atoms with Crippen molar-refractivity contribution in [2.75, 3.05) is 7.11 Å². The lowest BCUT2D eigenvalue weighted by Gasteiger charge is -2.11. The molecule has 1 aromatic carbocycles. The van der Waals surface area contributed by atoms with Crippen LogP contribution in [0.2, 0.25) is 0 Å². The highest BCUT2D eigenvalue weighted by atomic mass is 16.5. The van der Waals surface area contributed by atoms with Gasteiger partial charge in [-0.2, -0.15) is 0 Å². The molecule has 0 fully saturated rings. The zero-order valence-electron chi connectivity index (χ0n) is 10.6. The zero-order valence-corrected chi connectivity index (χ0v) is 10.6. The number of nitrogens with two attached hydrogens (primary N) is 1. The van der Waals surface area contributed by atoms with E-state index >= 15 is 0 Å². The minimum Gasteiger partial charge on any atom is -0.497 e. The normalized spacial score (nSPS) is 10.4. The van der Waals surface area contributed by atoms with Gasteiger partial charge in [-0.3, -0.25) is 0 Å². The molecule has 96 valence electrons. The minimum atomic E-state index is 0.406. The first-order chi connectivity index (χ1) is 8.74. The van der Waals surface area contributed by atoms with Gasteiger partial charge in [0.2, 0.25) is 0 Å². The number of hydrogen-bond donors (Lipinski definition) is 1. The summed E-state index contributed by atoms with van der Waals surface area (Å²) < 4.78 is 12.8. The molecule has 0 unspecified atom stereocenters. The lowest BCUT2D eigenvalue weighted by Crippen LogP contribution is -2.06. The van der Waals surface area contributed by atoms with Crippen LogP contribution in [0.4, 0.5) is 0 Å². The van der Waals surface area contributed by atoms with Gasteiger partial charge in [0.1, 0.15) is 23.9 Å². The van der Waals surface area contributed by atoms with E-state index in [-0.39, 0.29) is 0 Å². The van der Waals surface area contributed by atoms with E-state index in [1.54, 1.807) is 13.3 Å². The lowest BCUT2D eigenvalue weighted by atomic mass is 10.2. The van der Waals surface area contributed by atoms with E-state index in [1.807, 2.05) is 36.0 Å². The van der Waals surface area contributed by atoms with E-state index < -0.39 is 0 Å². The van der Waals surface area contributed by atoms with E-state index in [1.165, 1.54) is 0 Å². The Morgan fingerprint density at radius 1 is 1.39 bits per heavy atom. The summed E-state index contributed by atoms with van der Waals surface area (Å²) in [5, 5.41) is 0. The molecule has 1 heterocycles. The van der Waals surface area contributed by atoms with Crippen LogP contribution in [0.15, 0.2) is 30.6 Å². The molecule has 0 radical (unpaired) electrons. The van der Waals surface area contributed by atoms with Crippen LogP contribution in [-0.2, 0) is 20.2 Å². The predicted molar refractivity (Wildman–Crippen MR) is 68.4 cm³/mol. The van der Waals surface area contributed by atoms with Crippen LogP contribution in [-0.4, -0.2) is 16.7 Å². The molecule has 1 aromatic heterocycles. The molecule has 0 aliphatic heterocycles. The summed E-state index contributed by atoms with van der Waals surface area (Å²) in [5.41, 5.74) is 6.63. The number of methoxy groups -OCH3 is 1. The standard InChI is InChI=1S/C13H17N3O2/c1-16-6-5-15-13(16)9-18-12-7-11(17-2)4-3-10(12)8-14/h3-7H,8-9,14H2,1-2H3. The summed E-state index contributed by atoms with van der Waals surface area (Å²) in [5.74, 6) is 2.35. The van der Waals surface area contributed by atoms with Gasteiger partial charge in [0.15, 0.2) is 0 Å². The number of ether oxygens (including phenoxy) is 2. The summed E-state index contributed by atoms with van der Waals surface area (Å²) in [6.45, 7) is 0.837. The molecule has 0 bridgehead atoms. The number of rotatable bonds is 5. The van der Waals surface area contributed by atoms with Crippen LogP contribution >= 0.6 is 0 Å². The molecule has 5 heteroatoms. The lowest BCUT2D eigenvalue weighted by molar-refractivity contribution is 0.287. The summed E-state index contributed by atoms with van der Waals surface area (Å²) >= 11 is 0. The number of nitrogens with zero attached hydrogens (tertiary/aromatic N) is 2. The molecule has 0 amide bonds. The first kappa shape index (κ1) is 12.4. The Labute approximate surface area is 106 Å². The van der Waals surface area contributed by atoms with Gasteiger partial charge in [-0.25, -0.2) is 4.98 Å². The molecule has 0 aliphatic carbocycles. The van der Waals surface area contributed by atoms with Crippen molar-refractivity contribution >= 4 is 0 Å². The average molecular weight is 247 g/mol. The molecule has 2 N–H and O–H groups in total. The number of imidazole rings is 1. The van der Waals surface area contributed by atoms with E-state index in [0.29, 0.717) is 13.2 Å². The fraction of sp³-hybridized carbons (Fsp3) is 0.308. The quantitative estimate of drug-likeness (QED) is 0.869. The minimum absolute atomic E-state index is 0.406. The molecule has 0 saturated carbocycles. The van der Waals surface area contributed by atoms with E-state index in [4.69, 9.17) is 15.2 Å². The second kappa shape index (κ2) is 5.55. The van der Waals surface area contributed by atoms with Crippen LogP contribution in [0.3, 0.4) is 0 Å². The van der Waals surface area contributed by atoms with Gasteiger partial charge >= 0.3 is 0 Å². The second-order valence-corrected chi connectivity index (χ2v) is 3.92. The maximum atomic E-state index is 5.75. The molecule has 5 nitrogen and oxygen atoms in total. The molecule has 2 rings (SSSR count). The predicted octanol–water partition coefficient (Wildman–Crippen LogP) is 1.47. The van der Waals surface area contributed by atoms with Crippen LogP contribution in [0.25, 0.3) is 0 Å². The molecule has 0 atom stereocenters. The SMILES string of the molecule is COc1ccc(CN)c(OCc2nccn2C)c1. The van der Waals surface area contributed by atoms with Crippen molar-refractivity contribution in [2.24, 2.45) is 12.8 Å². The third kappa shape index (κ3) is 2.62. The van der Waals surface area contributed by atoms with Crippen molar-refractivity contribution in [3.05, 3.63) is 42.0 Å². The Morgan fingerprint density at radius 3 is 2.83 bits per heavy atom. The maximum absolute atomic E-state index is 5.75. The summed E-state index contributed by atoms with van der Waals surface area (Å²) in [6, 6.07) is 5.62. The fourth-order valence-corrected chi connectivity index (χ4v) is 1.64. The fourth-order valence-electron chi connectivity index (χ4n) is 1.64. The van der Waals surface area contributed by atoms with E-state index in [9.17, 15) is 0 Å². The molecule has 0 aliphatic rings. The Balaban J connectivity index is 2.14. The van der Waals surface area contributed by atoms with Crippen molar-refractivity contribution in [3.8, 4) is 11.5 Å². The van der Waals surface area contributed by atoms with Crippen LogP contribution in [0, 0.1) is 0 Å². The average Bonchev–Trinajstić information content (AvgIpc) is 2.81. The number of aryl methyl sites for hydroxylation is 1. The Kier molecular flexibility index (Phi) is 3.84. The summed E-state index contributed by atoms with van der Waals surface area (Å²) in [6.07, 6.45) is 3.63. The maximum Gasteiger partial charge on any atom is 0.146 e. The van der Waals surface area contributed by atoms with Gasteiger partial charge in [0.05, 0.1) is 7.11 Å². The van der Waals surface area contributed by atoms with Crippen LogP contribution in [0.5, 0.6) is 11.5 Å². The van der Waals surface area contributed by atoms with Crippen molar-refractivity contribution in [3.63, 3.8) is 0 Å². The van der Waals surface area contributed by atoms with Gasteiger partial charge in [-0.15, -0.1) is 0 Å². The third-order valence-electron chi connectivity index (χ3n) is 2.77. The van der Waals surface area contributed by atoms with Crippen LogP contribution < -0.4 is 15.2 Å². The largest absolute Gasteiger partial charge is 0.497 e. The van der Waals surface area contributed by atoms with Gasteiger partial charge in [0, 0.05) is 37.6 Å². The third-order valence-corrected chi connectivity index (χ3v) is 2.77. The zero-order chi connectivity index (χ0) is 13.0. The van der Waals surface area contributed by atoms with Crippen molar-refractivity contribution < 1.29 is 9.47 Å². The molecule has 0 spiro atoms. The van der Waals surface area contributed by atoms with E-state index in [0.717, 1.165) is 22.9 Å². The Morgan fingerprint density at radius 2 is 2.22 bits per heavy atom. The van der Waals surface area contributed by atoms with Gasteiger partial charge in [0.25, 0.3) is 0 Å². The monoisotopic (exact) mass is 247 g/mol. The first-order valence-electron chi connectivity index (χ1n) is 5.70. The highest BCUT2D eigenvalue weighted by Crippen LogP contribution is 2.25. The van der Waals surface area contributed by atoms with Crippen LogP contribution in [0.1, 0.15) is 11.4 Å². The molecule has 0 saturated heterocycles. The summed E-state index contributed by atoms with van der Waals surface area (Å²) in [7, 11) is 3.56. The van der Waals surface area contributed by atoms with Gasteiger partial charge in [-0.1, -0.05) is 6.07 Å². The Bertz CT molecular complexity index is 523. The molecule has 2 aromatic rings. The van der Waals surface area contributed by atoms with Crippen molar-refractivity contribution in [2.45, 2.75) is 13.2 Å². The highest BCUT2D eigenvalue weighted by Gasteiger charge is 2.06. The second-order valence-electron chi connectivity index (χ2n) is 3.92. The number of benzene rings is 1. The van der Waals surface area contributed by atoms with Crippen molar-refractivity contribution in [1.29, 1.82) is 0 Å². The number of hydrogen-bond acceptors (Lipinski definition) is 4. The van der Waals surface area contributed by atoms with Gasteiger partial charge < -0.3 is 19.8 Å². The molecular weight excluding hydrogens is 230 g/mol. The smallest absolute Gasteiger partial charge is 0.146 e. The topological polar surface area (TPSA) is 62.3 Å². The van der Waals surface area contributed by atoms with E-state index in [2.05, 4.69) is 4.98 Å². The number of aromatic nitrogens is 2. The Hall–Kier alpha value is -2.01. The molecule has 18 heavy (non-hydrogen) atoms. The van der Waals surface area contributed by atoms with Crippen molar-refractivity contribution in [1.82, 2.24) is 9.55 Å². The first-order valence-corrected chi connectivity index (χ1v) is 5.70. The van der Waals surface area contributed by atoms with Gasteiger partial charge in [-0.05, 0) is 6.07 Å². The summed E-state index contributed by atoms with van der Waals surface area (Å²) in [4.78, 5) is 4.20. The molecular formula is C13H17N3O2.